The second kappa shape index (κ2) is 10.9. The van der Waals surface area contributed by atoms with Crippen LogP contribution in [0, 0.1) is 38.0 Å². The molecule has 2 aromatic rings. The lowest BCUT2D eigenvalue weighted by atomic mass is 9.93. The highest BCUT2D eigenvalue weighted by Crippen LogP contribution is 2.40. The highest BCUT2D eigenvalue weighted by atomic mass is 16.7. The Balaban J connectivity index is 1.34. The molecule has 5 radical (unpaired) electrons. The Morgan fingerprint density at radius 1 is 0.871 bits per heavy atom. The van der Waals surface area contributed by atoms with E-state index in [-0.39, 0.29) is 12.4 Å². The molecule has 4 rings (SSSR count). The molecule has 159 valence electrons. The van der Waals surface area contributed by atoms with Gasteiger partial charge in [0.15, 0.2) is 6.29 Å². The van der Waals surface area contributed by atoms with Gasteiger partial charge in [0.25, 0.3) is 0 Å². The Morgan fingerprint density at radius 3 is 2.13 bits per heavy atom. The van der Waals surface area contributed by atoms with Gasteiger partial charge in [-0.25, -0.2) is 0 Å². The third-order valence-corrected chi connectivity index (χ3v) is 5.45. The lowest BCUT2D eigenvalue weighted by molar-refractivity contribution is -0.209. The van der Waals surface area contributed by atoms with Crippen molar-refractivity contribution in [2.45, 2.75) is 25.7 Å². The van der Waals surface area contributed by atoms with E-state index >= 15 is 0 Å². The quantitative estimate of drug-likeness (QED) is 0.543. The predicted molar refractivity (Wildman–Crippen MR) is 126 cm³/mol. The van der Waals surface area contributed by atoms with Crippen LogP contribution in [0.4, 0.5) is 0 Å². The summed E-state index contributed by atoms with van der Waals surface area (Å²) >= 11 is 0. The smallest absolute Gasteiger partial charge is 0.165 e. The fourth-order valence-corrected chi connectivity index (χ4v) is 3.65. The van der Waals surface area contributed by atoms with Crippen LogP contribution in [0.1, 0.15) is 28.7 Å². The number of hydrogen-bond acceptors (Lipinski definition) is 3. The maximum Gasteiger partial charge on any atom is 0.165 e. The first-order valence-corrected chi connectivity index (χ1v) is 10.8. The van der Waals surface area contributed by atoms with Crippen LogP contribution in [0.3, 0.4) is 0 Å². The van der Waals surface area contributed by atoms with Crippen LogP contribution in [-0.2, 0) is 14.2 Å². The molecule has 0 bridgehead atoms. The molecule has 2 atom stereocenters. The second-order valence-electron chi connectivity index (χ2n) is 7.89. The summed E-state index contributed by atoms with van der Waals surface area (Å²) in [7, 11) is 1.70. The van der Waals surface area contributed by atoms with Crippen molar-refractivity contribution < 1.29 is 14.2 Å². The summed E-state index contributed by atoms with van der Waals surface area (Å²) < 4.78 is 17.2. The molecule has 3 nitrogen and oxygen atoms in total. The Bertz CT molecular complexity index is 864. The molecule has 2 aromatic carbocycles. The maximum absolute atomic E-state index is 6.06. The molecule has 0 N–H and O–H groups in total. The Labute approximate surface area is 186 Å². The number of aryl methyl sites for hydroxylation is 1. The molecule has 1 saturated heterocycles. The lowest BCUT2D eigenvalue weighted by Crippen LogP contribution is -2.39. The summed E-state index contributed by atoms with van der Waals surface area (Å²) in [4.78, 5) is 0. The summed E-state index contributed by atoms with van der Waals surface area (Å²) in [5.74, 6) is 2.18. The van der Waals surface area contributed by atoms with Gasteiger partial charge >= 0.3 is 0 Å². The van der Waals surface area contributed by atoms with E-state index in [0.29, 0.717) is 13.2 Å². The highest BCUT2D eigenvalue weighted by Gasteiger charge is 2.38. The van der Waals surface area contributed by atoms with Crippen LogP contribution in [0.25, 0.3) is 18.2 Å². The molecule has 2 aliphatic rings. The number of ether oxygens (including phenoxy) is 3. The van der Waals surface area contributed by atoms with Crippen LogP contribution >= 0.6 is 0 Å². The van der Waals surface area contributed by atoms with Crippen LogP contribution < -0.4 is 0 Å². The van der Waals surface area contributed by atoms with Crippen LogP contribution in [-0.4, -0.2) is 32.7 Å². The summed E-state index contributed by atoms with van der Waals surface area (Å²) in [6.45, 7) is 3.38. The number of rotatable bonds is 7. The van der Waals surface area contributed by atoms with Crippen molar-refractivity contribution >= 4 is 18.2 Å². The van der Waals surface area contributed by atoms with Gasteiger partial charge in [0.05, 0.1) is 19.3 Å². The van der Waals surface area contributed by atoms with E-state index in [1.807, 2.05) is 6.42 Å². The fraction of sp³-hybridized carbons (Fsp3) is 0.250. The Morgan fingerprint density at radius 2 is 1.48 bits per heavy atom. The molecule has 1 saturated carbocycles. The third kappa shape index (κ3) is 6.16. The van der Waals surface area contributed by atoms with Gasteiger partial charge in [0.2, 0.25) is 0 Å². The minimum absolute atomic E-state index is 0.0796. The average molecular weight is 414 g/mol. The van der Waals surface area contributed by atoms with Crippen molar-refractivity contribution in [2.24, 2.45) is 0 Å². The topological polar surface area (TPSA) is 27.7 Å². The molecule has 1 aliphatic heterocycles. The zero-order chi connectivity index (χ0) is 21.5. The van der Waals surface area contributed by atoms with Crippen molar-refractivity contribution in [3.63, 3.8) is 0 Å². The number of methoxy groups -OCH3 is 1. The normalized spacial score (nSPS) is 23.3. The first kappa shape index (κ1) is 22.0. The summed E-state index contributed by atoms with van der Waals surface area (Å²) in [5.41, 5.74) is 4.82. The van der Waals surface area contributed by atoms with Gasteiger partial charge in [-0.15, -0.1) is 0 Å². The van der Waals surface area contributed by atoms with Crippen molar-refractivity contribution in [1.29, 1.82) is 0 Å². The zero-order valence-corrected chi connectivity index (χ0v) is 18.2. The van der Waals surface area contributed by atoms with Crippen molar-refractivity contribution in [1.82, 2.24) is 0 Å². The molecule has 3 heteroatoms. The third-order valence-electron chi connectivity index (χ3n) is 5.45. The van der Waals surface area contributed by atoms with E-state index in [1.165, 1.54) is 16.7 Å². The van der Waals surface area contributed by atoms with Gasteiger partial charge in [0.1, 0.15) is 0 Å². The molecule has 1 heterocycles. The van der Waals surface area contributed by atoms with E-state index in [0.717, 1.165) is 23.8 Å². The van der Waals surface area contributed by atoms with Gasteiger partial charge in [-0.3, -0.25) is 0 Å². The molecule has 2 fully saturated rings. The predicted octanol–water partition coefficient (Wildman–Crippen LogP) is 5.73. The molecule has 31 heavy (non-hydrogen) atoms. The molecular formula is C28H29O3. The van der Waals surface area contributed by atoms with Gasteiger partial charge in [-0.05, 0) is 49.3 Å². The number of hydrogen-bond donors (Lipinski definition) is 0. The van der Waals surface area contributed by atoms with Gasteiger partial charge in [0, 0.05) is 18.9 Å². The minimum Gasteiger partial charge on any atom is -0.382 e. The molecule has 0 aromatic heterocycles. The minimum atomic E-state index is -0.335. The lowest BCUT2D eigenvalue weighted by Gasteiger charge is -2.34. The van der Waals surface area contributed by atoms with Crippen molar-refractivity contribution in [2.75, 3.05) is 20.3 Å². The van der Waals surface area contributed by atoms with Gasteiger partial charge < -0.3 is 14.2 Å². The average Bonchev–Trinajstić information content (AvgIpc) is 3.27. The van der Waals surface area contributed by atoms with E-state index in [2.05, 4.69) is 92.6 Å². The first-order chi connectivity index (χ1) is 15.2. The standard InChI is InChI=1S/C28H29O3/c1-21-6-8-22(9-7-21)10-11-23-12-14-24(15-13-23)16-17-25-4-3-5-27(25)28-30-19-18-26(31-28)20-29-2/h3-17,26,28H,18-20H2,1-2H3/b11-10+,17-16+/t26-,28-/m0/s1. The fourth-order valence-electron chi connectivity index (χ4n) is 3.65. The Hall–Kier alpha value is -2.20. The Kier molecular flexibility index (Phi) is 7.74. The molecule has 0 unspecified atom stereocenters. The SMILES string of the molecule is COC[C@@H]1CCO[C@H]([C]2[CH][CH][CH][C]2/C=C/c2ccc(/C=C/c3ccc(C)cc3)cc2)O1. The van der Waals surface area contributed by atoms with E-state index < -0.39 is 0 Å². The van der Waals surface area contributed by atoms with E-state index in [9.17, 15) is 0 Å². The molecule has 1 aliphatic carbocycles. The second-order valence-corrected chi connectivity index (χ2v) is 7.89. The summed E-state index contributed by atoms with van der Waals surface area (Å²) in [5, 5.41) is 0. The summed E-state index contributed by atoms with van der Waals surface area (Å²) in [6, 6.07) is 17.1. The number of benzene rings is 2. The molecule has 0 spiro atoms. The molecule has 0 amide bonds. The first-order valence-electron chi connectivity index (χ1n) is 10.8. The van der Waals surface area contributed by atoms with E-state index in [4.69, 9.17) is 14.2 Å². The monoisotopic (exact) mass is 413 g/mol. The van der Waals surface area contributed by atoms with Crippen molar-refractivity contribution in [3.05, 3.63) is 108 Å². The van der Waals surface area contributed by atoms with Crippen LogP contribution in [0.5, 0.6) is 0 Å². The zero-order valence-electron chi connectivity index (χ0n) is 18.2. The van der Waals surface area contributed by atoms with Crippen molar-refractivity contribution in [3.8, 4) is 0 Å². The summed E-state index contributed by atoms with van der Waals surface area (Å²) in [6.07, 6.45) is 15.3. The molecular weight excluding hydrogens is 384 g/mol. The maximum atomic E-state index is 6.06. The van der Waals surface area contributed by atoms with Crippen LogP contribution in [0.2, 0.25) is 0 Å². The van der Waals surface area contributed by atoms with Gasteiger partial charge in [-0.2, -0.15) is 0 Å². The van der Waals surface area contributed by atoms with Gasteiger partial charge in [-0.1, -0.05) is 78.4 Å². The highest BCUT2D eigenvalue weighted by molar-refractivity contribution is 5.70. The number of allylic oxidation sites excluding steroid dienone is 1. The van der Waals surface area contributed by atoms with E-state index in [1.54, 1.807) is 7.11 Å². The van der Waals surface area contributed by atoms with Crippen LogP contribution in [0.15, 0.2) is 54.6 Å². The largest absolute Gasteiger partial charge is 0.382 e.